The number of fused-ring (bicyclic) bond motifs is 1. The number of piperazine rings is 1. The molecule has 0 unspecified atom stereocenters. The predicted octanol–water partition coefficient (Wildman–Crippen LogP) is 2.45. The standard InChI is InChI=1S/C22H28N6O4/c1-21(2,3)13-28-15(7-14-9-24-16(8-23)25-19(14)28)10-27-17(29)11-26(12-18(27)30)20(31)32-22(4,5)6/h7,9H,10-13H2,1-6H3. The number of hydrogen-bond acceptors (Lipinski definition) is 7. The Hall–Kier alpha value is -3.48. The smallest absolute Gasteiger partial charge is 0.411 e. The number of imide groups is 1. The van der Waals surface area contributed by atoms with Gasteiger partial charge in [-0.1, -0.05) is 20.8 Å². The summed E-state index contributed by atoms with van der Waals surface area (Å²) in [4.78, 5) is 48.5. The Morgan fingerprint density at radius 1 is 1.16 bits per heavy atom. The molecule has 0 aliphatic carbocycles. The molecule has 0 atom stereocenters. The first kappa shape index (κ1) is 23.2. The van der Waals surface area contributed by atoms with Gasteiger partial charge in [0.2, 0.25) is 17.6 Å². The number of rotatable bonds is 3. The maximum Gasteiger partial charge on any atom is 0.411 e. The first-order valence-corrected chi connectivity index (χ1v) is 10.3. The third-order valence-electron chi connectivity index (χ3n) is 4.68. The van der Waals surface area contributed by atoms with Crippen LogP contribution in [0.2, 0.25) is 0 Å². The monoisotopic (exact) mass is 440 g/mol. The van der Waals surface area contributed by atoms with Gasteiger partial charge in [0, 0.05) is 23.8 Å². The second-order valence-corrected chi connectivity index (χ2v) is 10.1. The minimum absolute atomic E-state index is 0.0359. The van der Waals surface area contributed by atoms with E-state index in [9.17, 15) is 19.6 Å². The number of amides is 3. The van der Waals surface area contributed by atoms with E-state index in [1.54, 1.807) is 27.0 Å². The van der Waals surface area contributed by atoms with Crippen LogP contribution in [-0.2, 0) is 27.4 Å². The highest BCUT2D eigenvalue weighted by Crippen LogP contribution is 2.26. The molecule has 0 bridgehead atoms. The summed E-state index contributed by atoms with van der Waals surface area (Å²) in [6.07, 6.45) is 0.869. The number of aromatic nitrogens is 3. The van der Waals surface area contributed by atoms with E-state index < -0.39 is 23.5 Å². The lowest BCUT2D eigenvalue weighted by molar-refractivity contribution is -0.151. The minimum atomic E-state index is -0.725. The Bertz CT molecular complexity index is 1100. The Morgan fingerprint density at radius 3 is 2.31 bits per heavy atom. The van der Waals surface area contributed by atoms with Crippen LogP contribution in [0.3, 0.4) is 0 Å². The summed E-state index contributed by atoms with van der Waals surface area (Å²) in [6, 6.07) is 3.76. The highest BCUT2D eigenvalue weighted by atomic mass is 16.6. The lowest BCUT2D eigenvalue weighted by atomic mass is 9.97. The number of hydrogen-bond donors (Lipinski definition) is 0. The van der Waals surface area contributed by atoms with Gasteiger partial charge in [-0.05, 0) is 32.3 Å². The number of ether oxygens (including phenoxy) is 1. The summed E-state index contributed by atoms with van der Waals surface area (Å²) in [6.45, 7) is 11.5. The van der Waals surface area contributed by atoms with Crippen molar-refractivity contribution in [3.63, 3.8) is 0 Å². The van der Waals surface area contributed by atoms with Gasteiger partial charge in [0.25, 0.3) is 0 Å². The highest BCUT2D eigenvalue weighted by Gasteiger charge is 2.36. The topological polar surface area (TPSA) is 121 Å². The maximum absolute atomic E-state index is 12.8. The van der Waals surface area contributed by atoms with E-state index in [2.05, 4.69) is 30.7 Å². The molecule has 10 heteroatoms. The fourth-order valence-corrected chi connectivity index (χ4v) is 3.42. The summed E-state index contributed by atoms with van der Waals surface area (Å²) in [5.41, 5.74) is 0.430. The molecule has 3 rings (SSSR count). The quantitative estimate of drug-likeness (QED) is 0.672. The molecule has 1 aliphatic rings. The van der Waals surface area contributed by atoms with Crippen LogP contribution in [0.15, 0.2) is 12.3 Å². The van der Waals surface area contributed by atoms with E-state index in [-0.39, 0.29) is 30.9 Å². The van der Waals surface area contributed by atoms with Gasteiger partial charge in [-0.15, -0.1) is 0 Å². The summed E-state index contributed by atoms with van der Waals surface area (Å²) in [5.74, 6) is -0.914. The molecular formula is C22H28N6O4. The van der Waals surface area contributed by atoms with Gasteiger partial charge in [0.1, 0.15) is 30.4 Å². The Kier molecular flexibility index (Phi) is 5.96. The minimum Gasteiger partial charge on any atom is -0.444 e. The fourth-order valence-electron chi connectivity index (χ4n) is 3.42. The molecule has 0 aromatic carbocycles. The molecule has 0 spiro atoms. The van der Waals surface area contributed by atoms with Crippen molar-refractivity contribution < 1.29 is 19.1 Å². The third-order valence-corrected chi connectivity index (χ3v) is 4.68. The van der Waals surface area contributed by atoms with Crippen molar-refractivity contribution in [2.45, 2.75) is 60.2 Å². The van der Waals surface area contributed by atoms with Gasteiger partial charge in [0.15, 0.2) is 0 Å². The van der Waals surface area contributed by atoms with E-state index in [1.165, 1.54) is 0 Å². The number of nitriles is 1. The first-order valence-electron chi connectivity index (χ1n) is 10.3. The lowest BCUT2D eigenvalue weighted by Crippen LogP contribution is -2.56. The molecule has 32 heavy (non-hydrogen) atoms. The summed E-state index contributed by atoms with van der Waals surface area (Å²) >= 11 is 0. The molecule has 1 saturated heterocycles. The molecule has 2 aromatic rings. The zero-order chi connectivity index (χ0) is 23.8. The largest absolute Gasteiger partial charge is 0.444 e. The number of carbonyl (C=O) groups is 3. The summed E-state index contributed by atoms with van der Waals surface area (Å²) in [7, 11) is 0. The predicted molar refractivity (Wildman–Crippen MR) is 115 cm³/mol. The highest BCUT2D eigenvalue weighted by molar-refractivity contribution is 6.01. The Labute approximate surface area is 186 Å². The van der Waals surface area contributed by atoms with Gasteiger partial charge >= 0.3 is 6.09 Å². The first-order chi connectivity index (χ1) is 14.8. The molecule has 3 amide bonds. The fraction of sp³-hybridized carbons (Fsp3) is 0.545. The van der Waals surface area contributed by atoms with Crippen LogP contribution in [0.5, 0.6) is 0 Å². The zero-order valence-corrected chi connectivity index (χ0v) is 19.3. The van der Waals surface area contributed by atoms with Gasteiger partial charge in [-0.25, -0.2) is 14.8 Å². The average molecular weight is 441 g/mol. The van der Waals surface area contributed by atoms with Crippen molar-refractivity contribution in [1.82, 2.24) is 24.3 Å². The van der Waals surface area contributed by atoms with Crippen LogP contribution in [0, 0.1) is 16.7 Å². The van der Waals surface area contributed by atoms with E-state index >= 15 is 0 Å². The van der Waals surface area contributed by atoms with Gasteiger partial charge in [-0.3, -0.25) is 19.4 Å². The Morgan fingerprint density at radius 2 is 1.78 bits per heavy atom. The molecule has 1 aliphatic heterocycles. The average Bonchev–Trinajstić information content (AvgIpc) is 2.98. The molecule has 170 valence electrons. The molecule has 0 radical (unpaired) electrons. The van der Waals surface area contributed by atoms with E-state index in [0.29, 0.717) is 17.9 Å². The van der Waals surface area contributed by atoms with Gasteiger partial charge < -0.3 is 9.30 Å². The zero-order valence-electron chi connectivity index (χ0n) is 19.3. The molecule has 10 nitrogen and oxygen atoms in total. The van der Waals surface area contributed by atoms with Crippen LogP contribution >= 0.6 is 0 Å². The second kappa shape index (κ2) is 8.22. The van der Waals surface area contributed by atoms with Crippen LogP contribution in [0.4, 0.5) is 4.79 Å². The van der Waals surface area contributed by atoms with Gasteiger partial charge in [-0.2, -0.15) is 5.26 Å². The molecule has 3 heterocycles. The van der Waals surface area contributed by atoms with Crippen molar-refractivity contribution in [3.05, 3.63) is 23.8 Å². The number of nitrogens with zero attached hydrogens (tertiary/aromatic N) is 6. The Balaban J connectivity index is 1.88. The van der Waals surface area contributed by atoms with E-state index in [0.717, 1.165) is 15.2 Å². The third kappa shape index (κ3) is 5.22. The van der Waals surface area contributed by atoms with Crippen LogP contribution in [-0.4, -0.2) is 60.9 Å². The second-order valence-electron chi connectivity index (χ2n) is 10.1. The van der Waals surface area contributed by atoms with Crippen molar-refractivity contribution >= 4 is 28.9 Å². The van der Waals surface area contributed by atoms with Crippen LogP contribution in [0.25, 0.3) is 11.0 Å². The molecule has 2 aromatic heterocycles. The normalized spacial score (nSPS) is 15.3. The van der Waals surface area contributed by atoms with Crippen LogP contribution in [0.1, 0.15) is 53.1 Å². The summed E-state index contributed by atoms with van der Waals surface area (Å²) < 4.78 is 7.20. The van der Waals surface area contributed by atoms with Crippen molar-refractivity contribution in [2.75, 3.05) is 13.1 Å². The van der Waals surface area contributed by atoms with E-state index in [1.807, 2.05) is 16.7 Å². The van der Waals surface area contributed by atoms with Crippen molar-refractivity contribution in [3.8, 4) is 6.07 Å². The summed E-state index contributed by atoms with van der Waals surface area (Å²) in [5, 5.41) is 9.89. The molecule has 1 fully saturated rings. The maximum atomic E-state index is 12.8. The lowest BCUT2D eigenvalue weighted by Gasteiger charge is -2.34. The molecular weight excluding hydrogens is 412 g/mol. The van der Waals surface area contributed by atoms with E-state index in [4.69, 9.17) is 4.74 Å². The van der Waals surface area contributed by atoms with Crippen molar-refractivity contribution in [1.29, 1.82) is 5.26 Å². The van der Waals surface area contributed by atoms with Gasteiger partial charge in [0.05, 0.1) is 6.54 Å². The van der Waals surface area contributed by atoms with Crippen molar-refractivity contribution in [2.24, 2.45) is 5.41 Å². The van der Waals surface area contributed by atoms with Crippen LogP contribution < -0.4 is 0 Å². The number of carbonyl (C=O) groups excluding carboxylic acids is 3. The molecule has 0 N–H and O–H groups in total. The SMILES string of the molecule is CC(C)(C)Cn1c(CN2C(=O)CN(C(=O)OC(C)(C)C)CC2=O)cc2cnc(C#N)nc21. The molecule has 0 saturated carbocycles.